The van der Waals surface area contributed by atoms with Gasteiger partial charge in [-0.15, -0.1) is 10.2 Å². The Labute approximate surface area is 199 Å². The van der Waals surface area contributed by atoms with Crippen molar-refractivity contribution in [2.45, 2.75) is 51.1 Å². The molecule has 0 aromatic heterocycles. The van der Waals surface area contributed by atoms with Gasteiger partial charge in [0.05, 0.1) is 12.1 Å². The first-order chi connectivity index (χ1) is 16.2. The van der Waals surface area contributed by atoms with E-state index in [2.05, 4.69) is 36.4 Å². The van der Waals surface area contributed by atoms with E-state index in [0.717, 1.165) is 66.8 Å². The smallest absolute Gasteiger partial charge is 0.272 e. The number of rotatable bonds is 5. The highest BCUT2D eigenvalue weighted by molar-refractivity contribution is 6.30. The normalized spacial score (nSPS) is 17.8. The van der Waals surface area contributed by atoms with Crippen molar-refractivity contribution in [3.05, 3.63) is 52.7 Å². The van der Waals surface area contributed by atoms with Crippen molar-refractivity contribution in [1.29, 1.82) is 0 Å². The fourth-order valence-electron chi connectivity index (χ4n) is 4.91. The molecule has 0 aliphatic carbocycles. The Kier molecular flexibility index (Phi) is 6.78. The van der Waals surface area contributed by atoms with Crippen LogP contribution in [-0.4, -0.2) is 52.9 Å². The van der Waals surface area contributed by atoms with Gasteiger partial charge in [-0.25, -0.2) is 0 Å². The molecule has 7 nitrogen and oxygen atoms in total. The first kappa shape index (κ1) is 22.2. The van der Waals surface area contributed by atoms with Gasteiger partial charge in [0.2, 0.25) is 0 Å². The molecule has 33 heavy (non-hydrogen) atoms. The van der Waals surface area contributed by atoms with Crippen LogP contribution in [0.5, 0.6) is 0 Å². The average molecular weight is 467 g/mol. The van der Waals surface area contributed by atoms with E-state index in [9.17, 15) is 4.79 Å². The number of nitrogens with zero attached hydrogens (tertiary/aromatic N) is 4. The molecular formula is C25H31ClN6O. The third-order valence-corrected chi connectivity index (χ3v) is 7.00. The SMILES string of the molecule is O=C(NC1CCNCC1)c1nnc2n(Cc3ccc(Cl)cc3)c(N3CCCCCC3)ccc1-2. The summed E-state index contributed by atoms with van der Waals surface area (Å²) in [5.41, 5.74) is 2.35. The highest BCUT2D eigenvalue weighted by Gasteiger charge is 2.27. The summed E-state index contributed by atoms with van der Waals surface area (Å²) >= 11 is 6.11. The van der Waals surface area contributed by atoms with Crippen LogP contribution >= 0.6 is 11.6 Å². The van der Waals surface area contributed by atoms with Crippen LogP contribution in [0, 0.1) is 0 Å². The average Bonchev–Trinajstić information content (AvgIpc) is 3.09. The van der Waals surface area contributed by atoms with Crippen LogP contribution in [0.3, 0.4) is 0 Å². The molecule has 2 fully saturated rings. The molecule has 2 saturated heterocycles. The lowest BCUT2D eigenvalue weighted by atomic mass is 10.1. The summed E-state index contributed by atoms with van der Waals surface area (Å²) in [6.45, 7) is 4.57. The number of hydrogen-bond acceptors (Lipinski definition) is 5. The zero-order chi connectivity index (χ0) is 22.6. The minimum atomic E-state index is -0.134. The summed E-state index contributed by atoms with van der Waals surface area (Å²) in [5, 5.41) is 16.1. The third-order valence-electron chi connectivity index (χ3n) is 6.75. The molecule has 0 spiro atoms. The summed E-state index contributed by atoms with van der Waals surface area (Å²) in [7, 11) is 0. The molecule has 0 atom stereocenters. The molecule has 0 bridgehead atoms. The Hall–Kier alpha value is -2.64. The zero-order valence-electron chi connectivity index (χ0n) is 18.9. The highest BCUT2D eigenvalue weighted by Crippen LogP contribution is 2.31. The molecule has 4 heterocycles. The second-order valence-corrected chi connectivity index (χ2v) is 9.53. The summed E-state index contributed by atoms with van der Waals surface area (Å²) in [6, 6.07) is 12.3. The van der Waals surface area contributed by atoms with Crippen LogP contribution in [0.15, 0.2) is 36.4 Å². The van der Waals surface area contributed by atoms with Crippen molar-refractivity contribution in [2.24, 2.45) is 0 Å². The minimum absolute atomic E-state index is 0.134. The van der Waals surface area contributed by atoms with Gasteiger partial charge in [-0.05, 0) is 68.6 Å². The second kappa shape index (κ2) is 10.1. The Morgan fingerprint density at radius 3 is 2.45 bits per heavy atom. The van der Waals surface area contributed by atoms with E-state index < -0.39 is 0 Å². The molecule has 0 unspecified atom stereocenters. The third kappa shape index (κ3) is 4.99. The summed E-state index contributed by atoms with van der Waals surface area (Å²) in [5.74, 6) is 1.75. The predicted octanol–water partition coefficient (Wildman–Crippen LogP) is 3.95. The van der Waals surface area contributed by atoms with Crippen molar-refractivity contribution in [3.63, 3.8) is 0 Å². The fourth-order valence-corrected chi connectivity index (χ4v) is 5.04. The number of halogens is 1. The molecule has 2 N–H and O–H groups in total. The van der Waals surface area contributed by atoms with Crippen molar-refractivity contribution < 1.29 is 4.79 Å². The number of aromatic nitrogens is 3. The molecule has 8 heteroatoms. The van der Waals surface area contributed by atoms with Crippen molar-refractivity contribution in [2.75, 3.05) is 31.1 Å². The molecule has 0 saturated carbocycles. The van der Waals surface area contributed by atoms with E-state index in [1.165, 1.54) is 25.7 Å². The van der Waals surface area contributed by atoms with E-state index in [1.54, 1.807) is 0 Å². The number of amides is 1. The van der Waals surface area contributed by atoms with Gasteiger partial charge in [0.15, 0.2) is 11.5 Å². The summed E-state index contributed by atoms with van der Waals surface area (Å²) in [6.07, 6.45) is 6.80. The van der Waals surface area contributed by atoms with E-state index in [4.69, 9.17) is 11.6 Å². The lowest BCUT2D eigenvalue weighted by Crippen LogP contribution is -2.42. The quantitative estimate of drug-likeness (QED) is 0.595. The minimum Gasteiger partial charge on any atom is -0.358 e. The number of benzene rings is 1. The lowest BCUT2D eigenvalue weighted by molar-refractivity contribution is 0.0925. The monoisotopic (exact) mass is 466 g/mol. The second-order valence-electron chi connectivity index (χ2n) is 9.09. The summed E-state index contributed by atoms with van der Waals surface area (Å²) < 4.78 is 2.21. The van der Waals surface area contributed by atoms with Crippen LogP contribution in [-0.2, 0) is 6.54 Å². The molecule has 4 aliphatic rings. The molecule has 174 valence electrons. The number of hydrogen-bond donors (Lipinski definition) is 2. The Morgan fingerprint density at radius 2 is 1.73 bits per heavy atom. The van der Waals surface area contributed by atoms with Gasteiger partial charge in [0, 0.05) is 24.2 Å². The number of anilines is 1. The number of piperidine rings is 1. The largest absolute Gasteiger partial charge is 0.358 e. The van der Waals surface area contributed by atoms with Crippen molar-refractivity contribution >= 4 is 23.3 Å². The maximum Gasteiger partial charge on any atom is 0.272 e. The van der Waals surface area contributed by atoms with Gasteiger partial charge in [0.1, 0.15) is 5.82 Å². The molecule has 4 aliphatic heterocycles. The van der Waals surface area contributed by atoms with Crippen LogP contribution in [0.2, 0.25) is 5.02 Å². The van der Waals surface area contributed by atoms with E-state index in [0.29, 0.717) is 12.2 Å². The highest BCUT2D eigenvalue weighted by atomic mass is 35.5. The Balaban J connectivity index is 1.48. The first-order valence-electron chi connectivity index (χ1n) is 12.1. The fraction of sp³-hybridized carbons (Fsp3) is 0.480. The Bertz CT molecular complexity index is 1050. The van der Waals surface area contributed by atoms with Crippen molar-refractivity contribution in [3.8, 4) is 11.4 Å². The van der Waals surface area contributed by atoms with Crippen LogP contribution < -0.4 is 15.5 Å². The summed E-state index contributed by atoms with van der Waals surface area (Å²) in [4.78, 5) is 15.5. The first-order valence-corrected chi connectivity index (χ1v) is 12.4. The van der Waals surface area contributed by atoms with Crippen molar-refractivity contribution in [1.82, 2.24) is 25.4 Å². The number of nitrogens with one attached hydrogen (secondary N) is 2. The number of fused-ring (bicyclic) bond motifs is 1. The van der Waals surface area contributed by atoms with Gasteiger partial charge in [-0.3, -0.25) is 4.79 Å². The van der Waals surface area contributed by atoms with E-state index >= 15 is 0 Å². The van der Waals surface area contributed by atoms with Crippen LogP contribution in [0.25, 0.3) is 11.4 Å². The van der Waals surface area contributed by atoms with Gasteiger partial charge in [-0.2, -0.15) is 0 Å². The zero-order valence-corrected chi connectivity index (χ0v) is 19.7. The predicted molar refractivity (Wildman–Crippen MR) is 131 cm³/mol. The molecule has 5 rings (SSSR count). The van der Waals surface area contributed by atoms with Gasteiger partial charge in [-0.1, -0.05) is 36.6 Å². The van der Waals surface area contributed by atoms with Crippen LogP contribution in [0.1, 0.15) is 54.6 Å². The number of carbonyl (C=O) groups is 1. The van der Waals surface area contributed by atoms with E-state index in [-0.39, 0.29) is 11.9 Å². The molecule has 1 amide bonds. The molecular weight excluding hydrogens is 436 g/mol. The topological polar surface area (TPSA) is 75.1 Å². The standard InChI is InChI=1S/C25H31ClN6O/c26-19-7-5-18(6-8-19)17-32-22(31-15-3-1-2-4-16-31)10-9-21-23(29-30-24(21)32)25(33)28-20-11-13-27-14-12-20/h5-10,20,27H,1-4,11-17H2,(H,28,33). The lowest BCUT2D eigenvalue weighted by Gasteiger charge is -2.28. The number of pyridine rings is 1. The Morgan fingerprint density at radius 1 is 1.00 bits per heavy atom. The van der Waals surface area contributed by atoms with Gasteiger partial charge in [0.25, 0.3) is 5.91 Å². The molecule has 1 aromatic rings. The number of carbonyl (C=O) groups excluding carboxylic acids is 1. The molecule has 1 aromatic carbocycles. The van der Waals surface area contributed by atoms with E-state index in [1.807, 2.05) is 30.3 Å². The van der Waals surface area contributed by atoms with Gasteiger partial charge >= 0.3 is 0 Å². The maximum atomic E-state index is 13.1. The van der Waals surface area contributed by atoms with Gasteiger partial charge < -0.3 is 20.1 Å². The van der Waals surface area contributed by atoms with Crippen LogP contribution in [0.4, 0.5) is 5.82 Å². The molecule has 0 radical (unpaired) electrons. The maximum absolute atomic E-state index is 13.1.